The molecular weight excluding hydrogens is 216 g/mol. The van der Waals surface area contributed by atoms with Gasteiger partial charge < -0.3 is 8.85 Å². The van der Waals surface area contributed by atoms with Gasteiger partial charge in [-0.2, -0.15) is 0 Å². The predicted molar refractivity (Wildman–Crippen MR) is 68.7 cm³/mol. The van der Waals surface area contributed by atoms with Crippen molar-refractivity contribution in [1.82, 2.24) is 0 Å². The molecule has 2 rings (SSSR count). The molecule has 2 nitrogen and oxygen atoms in total. The van der Waals surface area contributed by atoms with E-state index in [1.54, 1.807) is 0 Å². The molecule has 1 atom stereocenters. The third-order valence-corrected chi connectivity index (χ3v) is 8.66. The number of hydrogen-bond donors (Lipinski definition) is 0. The lowest BCUT2D eigenvalue weighted by atomic mass is 10.4. The molecule has 0 radical (unpaired) electrons. The molecule has 3 heteroatoms. The molecule has 0 saturated heterocycles. The van der Waals surface area contributed by atoms with Crippen LogP contribution in [-0.2, 0) is 8.85 Å². The second kappa shape index (κ2) is 5.47. The Morgan fingerprint density at radius 3 is 2.25 bits per heavy atom. The van der Waals surface area contributed by atoms with E-state index in [-0.39, 0.29) is 0 Å². The van der Waals surface area contributed by atoms with E-state index in [4.69, 9.17) is 8.85 Å². The van der Waals surface area contributed by atoms with E-state index in [1.807, 2.05) is 6.08 Å². The molecule has 0 aliphatic heterocycles. The van der Waals surface area contributed by atoms with Crippen molar-refractivity contribution in [3.8, 4) is 0 Å². The molecule has 0 aromatic carbocycles. The molecule has 0 aromatic heterocycles. The van der Waals surface area contributed by atoms with Crippen molar-refractivity contribution >= 4 is 8.56 Å². The third kappa shape index (κ3) is 2.41. The second-order valence-corrected chi connectivity index (χ2v) is 8.66. The molecule has 16 heavy (non-hydrogen) atoms. The van der Waals surface area contributed by atoms with Crippen molar-refractivity contribution < 1.29 is 8.85 Å². The van der Waals surface area contributed by atoms with Gasteiger partial charge in [0.05, 0.1) is 6.61 Å². The summed E-state index contributed by atoms with van der Waals surface area (Å²) < 4.78 is 12.4. The summed E-state index contributed by atoms with van der Waals surface area (Å²) in [5.74, 6) is 0. The van der Waals surface area contributed by atoms with E-state index >= 15 is 0 Å². The van der Waals surface area contributed by atoms with Gasteiger partial charge in [-0.15, -0.1) is 6.58 Å². The van der Waals surface area contributed by atoms with Crippen LogP contribution in [-0.4, -0.2) is 21.8 Å². The molecule has 2 aliphatic carbocycles. The lowest BCUT2D eigenvalue weighted by Crippen LogP contribution is -2.47. The Morgan fingerprint density at radius 1 is 1.12 bits per heavy atom. The summed E-state index contributed by atoms with van der Waals surface area (Å²) in [5, 5.41) is 0. The molecule has 92 valence electrons. The van der Waals surface area contributed by atoms with Crippen LogP contribution >= 0.6 is 0 Å². The maximum Gasteiger partial charge on any atom is 0.344 e. The van der Waals surface area contributed by atoms with Crippen LogP contribution in [0.3, 0.4) is 0 Å². The fourth-order valence-electron chi connectivity index (χ4n) is 3.08. The van der Waals surface area contributed by atoms with E-state index in [0.29, 0.717) is 6.61 Å². The minimum atomic E-state index is -1.92. The molecule has 0 N–H and O–H groups in total. The molecule has 0 amide bonds. The Hall–Kier alpha value is -0.123. The smallest absolute Gasteiger partial charge is 0.344 e. The van der Waals surface area contributed by atoms with Gasteiger partial charge in [-0.1, -0.05) is 18.9 Å². The average molecular weight is 240 g/mol. The van der Waals surface area contributed by atoms with Crippen LogP contribution in [0.4, 0.5) is 0 Å². The van der Waals surface area contributed by atoms with Gasteiger partial charge in [0.25, 0.3) is 0 Å². The first-order chi connectivity index (χ1) is 7.83. The average Bonchev–Trinajstić information content (AvgIpc) is 3.00. The van der Waals surface area contributed by atoms with Gasteiger partial charge in [0.1, 0.15) is 0 Å². The standard InChI is InChI=1S/C13H24O2Si/c1-3-11-15-16(14-4-2,13-9-10-13)12-7-5-6-8-12/h3,12-13H,1,4-11H2,2H3. The zero-order valence-corrected chi connectivity index (χ0v) is 11.4. The minimum absolute atomic E-state index is 0.680. The quantitative estimate of drug-likeness (QED) is 0.498. The molecule has 2 fully saturated rings. The summed E-state index contributed by atoms with van der Waals surface area (Å²) in [4.78, 5) is 0. The first-order valence-corrected chi connectivity index (χ1v) is 8.69. The van der Waals surface area contributed by atoms with Crippen LogP contribution in [0.5, 0.6) is 0 Å². The second-order valence-electron chi connectivity index (χ2n) is 5.01. The predicted octanol–water partition coefficient (Wildman–Crippen LogP) is 3.78. The lowest BCUT2D eigenvalue weighted by Gasteiger charge is -2.35. The van der Waals surface area contributed by atoms with Crippen molar-refractivity contribution in [2.75, 3.05) is 13.2 Å². The summed E-state index contributed by atoms with van der Waals surface area (Å²) in [5.41, 5.74) is 1.52. The maximum atomic E-state index is 6.23. The maximum absolute atomic E-state index is 6.23. The lowest BCUT2D eigenvalue weighted by molar-refractivity contribution is 0.178. The fraction of sp³-hybridized carbons (Fsp3) is 0.846. The van der Waals surface area contributed by atoms with E-state index < -0.39 is 8.56 Å². The summed E-state index contributed by atoms with van der Waals surface area (Å²) in [7, 11) is -1.92. The third-order valence-electron chi connectivity index (χ3n) is 3.87. The van der Waals surface area contributed by atoms with Gasteiger partial charge in [-0.3, -0.25) is 0 Å². The van der Waals surface area contributed by atoms with Crippen LogP contribution in [0.2, 0.25) is 11.1 Å². The van der Waals surface area contributed by atoms with Crippen molar-refractivity contribution in [3.05, 3.63) is 12.7 Å². The highest BCUT2D eigenvalue weighted by atomic mass is 28.4. The number of hydrogen-bond acceptors (Lipinski definition) is 2. The number of rotatable bonds is 7. The van der Waals surface area contributed by atoms with Gasteiger partial charge in [-0.25, -0.2) is 0 Å². The van der Waals surface area contributed by atoms with E-state index in [1.165, 1.54) is 38.5 Å². The van der Waals surface area contributed by atoms with Crippen LogP contribution in [0.1, 0.15) is 45.4 Å². The van der Waals surface area contributed by atoms with E-state index in [9.17, 15) is 0 Å². The van der Waals surface area contributed by atoms with Crippen molar-refractivity contribution in [1.29, 1.82) is 0 Å². The monoisotopic (exact) mass is 240 g/mol. The van der Waals surface area contributed by atoms with Gasteiger partial charge in [0, 0.05) is 17.7 Å². The largest absolute Gasteiger partial charge is 0.394 e. The summed E-state index contributed by atoms with van der Waals surface area (Å²) in [6.07, 6.45) is 9.95. The van der Waals surface area contributed by atoms with Crippen LogP contribution in [0.25, 0.3) is 0 Å². The Bertz CT molecular complexity index is 234. The van der Waals surface area contributed by atoms with Crippen LogP contribution < -0.4 is 0 Å². The molecule has 0 bridgehead atoms. The molecular formula is C13H24O2Si. The molecule has 2 saturated carbocycles. The highest BCUT2D eigenvalue weighted by molar-refractivity contribution is 6.71. The van der Waals surface area contributed by atoms with Gasteiger partial charge in [0.2, 0.25) is 0 Å². The first kappa shape index (κ1) is 12.3. The summed E-state index contributed by atoms with van der Waals surface area (Å²) in [6, 6.07) is 0. The fourth-order valence-corrected chi connectivity index (χ4v) is 7.78. The minimum Gasteiger partial charge on any atom is -0.394 e. The van der Waals surface area contributed by atoms with Gasteiger partial charge >= 0.3 is 8.56 Å². The first-order valence-electron chi connectivity index (χ1n) is 6.72. The van der Waals surface area contributed by atoms with Crippen LogP contribution in [0.15, 0.2) is 12.7 Å². The highest BCUT2D eigenvalue weighted by Gasteiger charge is 2.57. The molecule has 1 unspecified atom stereocenters. The highest BCUT2D eigenvalue weighted by Crippen LogP contribution is 2.55. The molecule has 0 spiro atoms. The Morgan fingerprint density at radius 2 is 1.75 bits per heavy atom. The van der Waals surface area contributed by atoms with Crippen molar-refractivity contribution in [2.45, 2.75) is 56.5 Å². The topological polar surface area (TPSA) is 18.5 Å². The van der Waals surface area contributed by atoms with Crippen molar-refractivity contribution in [3.63, 3.8) is 0 Å². The normalized spacial score (nSPS) is 25.6. The Kier molecular flexibility index (Phi) is 4.22. The molecule has 0 heterocycles. The van der Waals surface area contributed by atoms with E-state index in [0.717, 1.165) is 17.7 Å². The van der Waals surface area contributed by atoms with E-state index in [2.05, 4.69) is 13.5 Å². The molecule has 2 aliphatic rings. The Balaban J connectivity index is 2.09. The van der Waals surface area contributed by atoms with Gasteiger partial charge in [-0.05, 0) is 32.6 Å². The summed E-state index contributed by atoms with van der Waals surface area (Å²) in [6.45, 7) is 7.38. The van der Waals surface area contributed by atoms with Crippen molar-refractivity contribution in [2.24, 2.45) is 0 Å². The SMILES string of the molecule is C=CCO[Si](OCC)(C1CCCC1)C1CC1. The zero-order valence-electron chi connectivity index (χ0n) is 10.4. The molecule has 0 aromatic rings. The zero-order chi connectivity index (χ0) is 11.4. The Labute approximate surface area is 100 Å². The summed E-state index contributed by atoms with van der Waals surface area (Å²) >= 11 is 0. The van der Waals surface area contributed by atoms with Gasteiger partial charge in [0.15, 0.2) is 0 Å². The van der Waals surface area contributed by atoms with Crippen LogP contribution in [0, 0.1) is 0 Å².